The van der Waals surface area contributed by atoms with E-state index in [1.165, 1.54) is 24.3 Å². The van der Waals surface area contributed by atoms with Gasteiger partial charge < -0.3 is 0 Å². The molecule has 0 saturated carbocycles. The summed E-state index contributed by atoms with van der Waals surface area (Å²) in [6.45, 7) is 0. The normalized spacial score (nSPS) is 12.4. The van der Waals surface area contributed by atoms with Gasteiger partial charge in [-0.05, 0) is 0 Å². The SMILES string of the molecule is FC(F)(F)c1cccc([C](=[Zn])c2cccc(C(F)(F)F)c2)c1. The molecule has 0 aliphatic rings. The summed E-state index contributed by atoms with van der Waals surface area (Å²) in [6.07, 6.45) is -8.96. The Labute approximate surface area is 132 Å². The zero-order chi connectivity index (χ0) is 16.5. The van der Waals surface area contributed by atoms with E-state index in [4.69, 9.17) is 0 Å². The van der Waals surface area contributed by atoms with Gasteiger partial charge in [-0.1, -0.05) is 0 Å². The average molecular weight is 368 g/mol. The Morgan fingerprint density at radius 1 is 0.682 bits per heavy atom. The van der Waals surface area contributed by atoms with Gasteiger partial charge in [0.15, 0.2) is 0 Å². The first kappa shape index (κ1) is 16.9. The van der Waals surface area contributed by atoms with Crippen molar-refractivity contribution in [1.82, 2.24) is 0 Å². The standard InChI is InChI=1S/C15H8F6.Zn/c16-14(17,18)12-5-1-3-10(8-12)7-11-4-2-6-13(9-11)15(19,20)21;/h1-6,8-9H;. The van der Waals surface area contributed by atoms with Gasteiger partial charge in [-0.25, -0.2) is 0 Å². The summed E-state index contributed by atoms with van der Waals surface area (Å²) in [5.41, 5.74) is -1.06. The van der Waals surface area contributed by atoms with Crippen LogP contribution in [-0.2, 0) is 30.2 Å². The first-order valence-electron chi connectivity index (χ1n) is 6.13. The Balaban J connectivity index is 2.41. The van der Waals surface area contributed by atoms with Crippen LogP contribution < -0.4 is 0 Å². The molecule has 0 radical (unpaired) electrons. The Morgan fingerprint density at radius 2 is 1.05 bits per heavy atom. The third kappa shape index (κ3) is 3.83. The molecular formula is C15H8F6Zn. The summed E-state index contributed by atoms with van der Waals surface area (Å²) >= 11 is 0.433. The summed E-state index contributed by atoms with van der Waals surface area (Å²) < 4.78 is 76.7. The van der Waals surface area contributed by atoms with Crippen LogP contribution in [-0.4, -0.2) is 4.11 Å². The van der Waals surface area contributed by atoms with Gasteiger partial charge in [0.25, 0.3) is 0 Å². The Bertz CT molecular complexity index is 640. The van der Waals surface area contributed by atoms with E-state index in [0.717, 1.165) is 24.3 Å². The number of alkyl halides is 6. The minimum absolute atomic E-state index is 0.286. The molecule has 0 nitrogen and oxygen atoms in total. The van der Waals surface area contributed by atoms with E-state index < -0.39 is 23.5 Å². The summed E-state index contributed by atoms with van der Waals surface area (Å²) in [5.74, 6) is 0. The first-order valence-corrected chi connectivity index (χ1v) is 7.61. The molecule has 0 amide bonds. The molecule has 0 N–H and O–H groups in total. The summed E-state index contributed by atoms with van der Waals surface area (Å²) in [7, 11) is 0. The van der Waals surface area contributed by atoms with Gasteiger partial charge >= 0.3 is 131 Å². The summed E-state index contributed by atoms with van der Waals surface area (Å²) in [6, 6.07) is 9.22. The van der Waals surface area contributed by atoms with Crippen molar-refractivity contribution in [1.29, 1.82) is 0 Å². The Kier molecular flexibility index (Phi) is 4.57. The molecular weight excluding hydrogens is 360 g/mol. The molecule has 2 aromatic rings. The molecule has 2 rings (SSSR count). The van der Waals surface area contributed by atoms with E-state index in [2.05, 4.69) is 0 Å². The van der Waals surface area contributed by atoms with Gasteiger partial charge in [-0.3, -0.25) is 0 Å². The molecule has 0 aliphatic carbocycles. The number of hydrogen-bond acceptors (Lipinski definition) is 0. The van der Waals surface area contributed by atoms with E-state index in [0.29, 0.717) is 22.0 Å². The molecule has 22 heavy (non-hydrogen) atoms. The number of rotatable bonds is 2. The van der Waals surface area contributed by atoms with Gasteiger partial charge in [0.1, 0.15) is 0 Å². The molecule has 0 fully saturated rings. The topological polar surface area (TPSA) is 0 Å². The van der Waals surface area contributed by atoms with E-state index in [-0.39, 0.29) is 11.1 Å². The fraction of sp³-hybridized carbons (Fsp3) is 0.133. The van der Waals surface area contributed by atoms with Crippen LogP contribution in [0, 0.1) is 0 Å². The summed E-state index contributed by atoms with van der Waals surface area (Å²) in [4.78, 5) is 0. The number of benzene rings is 2. The van der Waals surface area contributed by atoms with Crippen LogP contribution in [0.4, 0.5) is 26.3 Å². The van der Waals surface area contributed by atoms with E-state index >= 15 is 0 Å². The fourth-order valence-corrected chi connectivity index (χ4v) is 2.86. The number of hydrogen-bond donors (Lipinski definition) is 0. The Morgan fingerprint density at radius 3 is 1.36 bits per heavy atom. The third-order valence-electron chi connectivity index (χ3n) is 3.08. The second-order valence-electron chi connectivity index (χ2n) is 4.64. The molecule has 0 spiro atoms. The van der Waals surface area contributed by atoms with Crippen molar-refractivity contribution >= 4 is 4.11 Å². The van der Waals surface area contributed by atoms with Crippen LogP contribution in [0.2, 0.25) is 0 Å². The van der Waals surface area contributed by atoms with Crippen LogP contribution in [0.25, 0.3) is 0 Å². The fourth-order valence-electron chi connectivity index (χ4n) is 1.93. The van der Waals surface area contributed by atoms with Gasteiger partial charge in [0.05, 0.1) is 0 Å². The second-order valence-corrected chi connectivity index (χ2v) is 6.12. The van der Waals surface area contributed by atoms with Crippen molar-refractivity contribution in [3.63, 3.8) is 0 Å². The van der Waals surface area contributed by atoms with Gasteiger partial charge in [-0.15, -0.1) is 0 Å². The number of halogens is 6. The van der Waals surface area contributed by atoms with Crippen LogP contribution in [0.1, 0.15) is 22.3 Å². The Hall–Kier alpha value is -1.49. The van der Waals surface area contributed by atoms with Gasteiger partial charge in [-0.2, -0.15) is 0 Å². The minimum atomic E-state index is -4.48. The quantitative estimate of drug-likeness (QED) is 0.526. The zero-order valence-electron chi connectivity index (χ0n) is 11.1. The first-order chi connectivity index (χ1) is 10.1. The van der Waals surface area contributed by atoms with Gasteiger partial charge in [0.2, 0.25) is 0 Å². The molecule has 0 unspecified atom stereocenters. The van der Waals surface area contributed by atoms with E-state index in [1.807, 2.05) is 0 Å². The third-order valence-corrected chi connectivity index (χ3v) is 4.79. The van der Waals surface area contributed by atoms with Crippen LogP contribution in [0.15, 0.2) is 48.5 Å². The molecule has 0 aromatic heterocycles. The molecule has 0 bridgehead atoms. The van der Waals surface area contributed by atoms with E-state index in [1.54, 1.807) is 0 Å². The molecule has 0 heterocycles. The monoisotopic (exact) mass is 366 g/mol. The van der Waals surface area contributed by atoms with Crippen LogP contribution in [0.5, 0.6) is 0 Å². The molecule has 2 aromatic carbocycles. The van der Waals surface area contributed by atoms with Crippen molar-refractivity contribution in [3.8, 4) is 0 Å². The predicted molar refractivity (Wildman–Crippen MR) is 66.1 cm³/mol. The maximum atomic E-state index is 12.7. The second kappa shape index (κ2) is 5.95. The van der Waals surface area contributed by atoms with Crippen LogP contribution in [0.3, 0.4) is 0 Å². The molecule has 0 saturated heterocycles. The van der Waals surface area contributed by atoms with Gasteiger partial charge in [0, 0.05) is 0 Å². The maximum absolute atomic E-state index is 12.7. The predicted octanol–water partition coefficient (Wildman–Crippen LogP) is 4.84. The average Bonchev–Trinajstić information content (AvgIpc) is 2.45. The summed E-state index contributed by atoms with van der Waals surface area (Å²) in [5, 5.41) is 0. The van der Waals surface area contributed by atoms with Crippen molar-refractivity contribution in [2.45, 2.75) is 12.4 Å². The van der Waals surface area contributed by atoms with Crippen molar-refractivity contribution < 1.29 is 44.2 Å². The molecule has 0 aliphatic heterocycles. The molecule has 112 valence electrons. The van der Waals surface area contributed by atoms with Crippen molar-refractivity contribution in [3.05, 3.63) is 70.8 Å². The van der Waals surface area contributed by atoms with E-state index in [9.17, 15) is 26.3 Å². The molecule has 7 heteroatoms. The zero-order valence-corrected chi connectivity index (χ0v) is 14.1. The van der Waals surface area contributed by atoms with Crippen LogP contribution >= 0.6 is 0 Å². The van der Waals surface area contributed by atoms with Crippen molar-refractivity contribution in [2.24, 2.45) is 0 Å². The molecule has 0 atom stereocenters. The van der Waals surface area contributed by atoms with Crippen molar-refractivity contribution in [2.75, 3.05) is 0 Å².